The minimum Gasteiger partial charge on any atom is -0.431 e. The van der Waals surface area contributed by atoms with Gasteiger partial charge in [0.2, 0.25) is 0 Å². The second-order valence-electron chi connectivity index (χ2n) is 9.21. The number of hydrogen-bond acceptors (Lipinski definition) is 3. The molecule has 0 aromatic rings. The molecule has 0 spiro atoms. The van der Waals surface area contributed by atoms with Crippen molar-refractivity contribution in [3.8, 4) is 0 Å². The molecule has 0 heterocycles. The van der Waals surface area contributed by atoms with E-state index < -0.39 is 6.16 Å². The molecular weight excluding hydrogens is 300 g/mol. The Morgan fingerprint density at radius 2 is 1.12 bits per heavy atom. The molecule has 0 aromatic carbocycles. The van der Waals surface area contributed by atoms with Crippen LogP contribution in [0, 0.1) is 35.5 Å². The van der Waals surface area contributed by atoms with Gasteiger partial charge in [-0.2, -0.15) is 0 Å². The first-order chi connectivity index (χ1) is 11.3. The highest BCUT2D eigenvalue weighted by molar-refractivity contribution is 5.60. The summed E-state index contributed by atoms with van der Waals surface area (Å²) in [5, 5.41) is 0. The van der Waals surface area contributed by atoms with Crippen LogP contribution < -0.4 is 0 Å². The Balaban J connectivity index is 1.94. The molecule has 2 fully saturated rings. The molecule has 0 bridgehead atoms. The van der Waals surface area contributed by atoms with E-state index in [2.05, 4.69) is 41.5 Å². The van der Waals surface area contributed by atoms with E-state index >= 15 is 0 Å². The van der Waals surface area contributed by atoms with E-state index in [9.17, 15) is 4.79 Å². The van der Waals surface area contributed by atoms with Crippen LogP contribution in [0.1, 0.15) is 80.1 Å². The maximum absolute atomic E-state index is 12.5. The molecule has 2 aliphatic rings. The summed E-state index contributed by atoms with van der Waals surface area (Å²) in [6, 6.07) is 0. The largest absolute Gasteiger partial charge is 0.508 e. The Bertz CT molecular complexity index is 368. The van der Waals surface area contributed by atoms with Crippen molar-refractivity contribution in [3.63, 3.8) is 0 Å². The van der Waals surface area contributed by atoms with Gasteiger partial charge < -0.3 is 9.47 Å². The lowest BCUT2D eigenvalue weighted by atomic mass is 9.75. The van der Waals surface area contributed by atoms with E-state index in [-0.39, 0.29) is 12.2 Å². The third-order valence-corrected chi connectivity index (χ3v) is 6.42. The monoisotopic (exact) mass is 338 g/mol. The molecule has 0 aromatic heterocycles. The molecule has 2 saturated carbocycles. The van der Waals surface area contributed by atoms with Crippen molar-refractivity contribution in [2.75, 3.05) is 0 Å². The fourth-order valence-corrected chi connectivity index (χ4v) is 4.78. The summed E-state index contributed by atoms with van der Waals surface area (Å²) in [5.74, 6) is 3.31. The summed E-state index contributed by atoms with van der Waals surface area (Å²) in [6.07, 6.45) is 6.39. The second kappa shape index (κ2) is 8.58. The zero-order chi connectivity index (χ0) is 17.9. The molecule has 0 unspecified atom stereocenters. The summed E-state index contributed by atoms with van der Waals surface area (Å²) < 4.78 is 11.7. The van der Waals surface area contributed by atoms with Gasteiger partial charge in [0, 0.05) is 0 Å². The van der Waals surface area contributed by atoms with E-state index in [1.165, 1.54) is 12.8 Å². The van der Waals surface area contributed by atoms with E-state index in [1.54, 1.807) is 0 Å². The molecule has 0 radical (unpaired) electrons. The summed E-state index contributed by atoms with van der Waals surface area (Å²) in [6.45, 7) is 13.5. The molecule has 2 aliphatic carbocycles. The second-order valence-corrected chi connectivity index (χ2v) is 9.21. The predicted molar refractivity (Wildman–Crippen MR) is 97.8 cm³/mol. The van der Waals surface area contributed by atoms with Crippen LogP contribution in [0.2, 0.25) is 0 Å². The summed E-state index contributed by atoms with van der Waals surface area (Å²) in [7, 11) is 0. The highest BCUT2D eigenvalue weighted by Crippen LogP contribution is 2.37. The molecule has 0 N–H and O–H groups in total. The maximum Gasteiger partial charge on any atom is 0.508 e. The van der Waals surface area contributed by atoms with Gasteiger partial charge in [0.1, 0.15) is 12.2 Å². The molecule has 0 amide bonds. The Kier molecular flexibility index (Phi) is 7.00. The molecule has 140 valence electrons. The molecule has 0 aliphatic heterocycles. The number of carbonyl (C=O) groups excluding carboxylic acids is 1. The van der Waals surface area contributed by atoms with E-state index in [0.717, 1.165) is 25.7 Å². The summed E-state index contributed by atoms with van der Waals surface area (Å²) in [4.78, 5) is 12.5. The first-order valence-corrected chi connectivity index (χ1v) is 10.1. The number of carbonyl (C=O) groups is 1. The van der Waals surface area contributed by atoms with Crippen molar-refractivity contribution in [2.24, 2.45) is 35.5 Å². The van der Waals surface area contributed by atoms with Crippen LogP contribution in [0.5, 0.6) is 0 Å². The number of ether oxygens (including phenoxy) is 2. The van der Waals surface area contributed by atoms with Crippen molar-refractivity contribution in [1.29, 1.82) is 0 Å². The average Bonchev–Trinajstić information content (AvgIpc) is 2.46. The van der Waals surface area contributed by atoms with Crippen LogP contribution in [-0.4, -0.2) is 18.4 Å². The maximum atomic E-state index is 12.5. The van der Waals surface area contributed by atoms with Gasteiger partial charge in [0.25, 0.3) is 0 Å². The Morgan fingerprint density at radius 3 is 1.46 bits per heavy atom. The van der Waals surface area contributed by atoms with Gasteiger partial charge in [-0.1, -0.05) is 54.4 Å². The lowest BCUT2D eigenvalue weighted by molar-refractivity contribution is -0.0697. The number of rotatable bonds is 4. The van der Waals surface area contributed by atoms with Crippen molar-refractivity contribution in [3.05, 3.63) is 0 Å². The first kappa shape index (κ1) is 19.6. The van der Waals surface area contributed by atoms with E-state index in [4.69, 9.17) is 9.47 Å². The highest BCUT2D eigenvalue weighted by Gasteiger charge is 2.37. The van der Waals surface area contributed by atoms with Crippen molar-refractivity contribution in [2.45, 2.75) is 92.3 Å². The van der Waals surface area contributed by atoms with Gasteiger partial charge in [-0.25, -0.2) is 4.79 Å². The van der Waals surface area contributed by atoms with Gasteiger partial charge in [-0.3, -0.25) is 0 Å². The Labute approximate surface area is 148 Å². The number of hydrogen-bond donors (Lipinski definition) is 0. The van der Waals surface area contributed by atoms with Crippen LogP contribution in [0.3, 0.4) is 0 Å². The SMILES string of the molecule is CC(C)[C@@H]1CC[C@H](C)C[C@H]1OC(=O)O[C@@H]1C[C@@H](C)CC[C@H]1C(C)C. The van der Waals surface area contributed by atoms with Crippen molar-refractivity contribution < 1.29 is 14.3 Å². The zero-order valence-corrected chi connectivity index (χ0v) is 16.6. The normalized spacial score (nSPS) is 37.5. The molecule has 2 rings (SSSR count). The molecule has 0 saturated heterocycles. The molecule has 6 atom stereocenters. The van der Waals surface area contributed by atoms with E-state index in [0.29, 0.717) is 35.5 Å². The first-order valence-electron chi connectivity index (χ1n) is 10.1. The zero-order valence-electron chi connectivity index (χ0n) is 16.6. The van der Waals surface area contributed by atoms with Gasteiger partial charge in [-0.05, 0) is 61.2 Å². The third-order valence-electron chi connectivity index (χ3n) is 6.42. The minimum atomic E-state index is -0.426. The van der Waals surface area contributed by atoms with E-state index in [1.807, 2.05) is 0 Å². The Morgan fingerprint density at radius 1 is 0.750 bits per heavy atom. The molecule has 3 heteroatoms. The Hall–Kier alpha value is -0.730. The van der Waals surface area contributed by atoms with Gasteiger partial charge in [0.05, 0.1) is 0 Å². The highest BCUT2D eigenvalue weighted by atomic mass is 16.7. The van der Waals surface area contributed by atoms with Gasteiger partial charge in [-0.15, -0.1) is 0 Å². The summed E-state index contributed by atoms with van der Waals surface area (Å²) >= 11 is 0. The topological polar surface area (TPSA) is 35.5 Å². The van der Waals surface area contributed by atoms with Crippen LogP contribution >= 0.6 is 0 Å². The smallest absolute Gasteiger partial charge is 0.431 e. The van der Waals surface area contributed by atoms with Crippen LogP contribution in [0.4, 0.5) is 4.79 Å². The molecule has 24 heavy (non-hydrogen) atoms. The average molecular weight is 339 g/mol. The van der Waals surface area contributed by atoms with Crippen LogP contribution in [0.25, 0.3) is 0 Å². The fraction of sp³-hybridized carbons (Fsp3) is 0.952. The standard InChI is InChI=1S/C21H38O3/c1-13(2)17-9-7-15(5)11-19(17)23-21(22)24-20-12-16(6)8-10-18(20)14(3)4/h13-20H,7-12H2,1-6H3/t15-,16-,17-,18-,19+,20+/m0/s1. The molecular formula is C21H38O3. The van der Waals surface area contributed by atoms with Crippen LogP contribution in [-0.2, 0) is 9.47 Å². The molecule has 3 nitrogen and oxygen atoms in total. The quantitative estimate of drug-likeness (QED) is 0.584. The lowest BCUT2D eigenvalue weighted by Gasteiger charge is -2.38. The predicted octanol–water partition coefficient (Wildman–Crippen LogP) is 6.06. The van der Waals surface area contributed by atoms with Crippen LogP contribution in [0.15, 0.2) is 0 Å². The fourth-order valence-electron chi connectivity index (χ4n) is 4.78. The summed E-state index contributed by atoms with van der Waals surface area (Å²) in [5.41, 5.74) is 0. The van der Waals surface area contributed by atoms with Crippen molar-refractivity contribution >= 4 is 6.16 Å². The minimum absolute atomic E-state index is 0.0276. The van der Waals surface area contributed by atoms with Crippen molar-refractivity contribution in [1.82, 2.24) is 0 Å². The van der Waals surface area contributed by atoms with Gasteiger partial charge >= 0.3 is 6.16 Å². The lowest BCUT2D eigenvalue weighted by Crippen LogP contribution is -2.39. The van der Waals surface area contributed by atoms with Gasteiger partial charge in [0.15, 0.2) is 0 Å². The third kappa shape index (κ3) is 5.13.